The lowest BCUT2D eigenvalue weighted by Gasteiger charge is -2.48. The highest BCUT2D eigenvalue weighted by Gasteiger charge is 2.52. The highest BCUT2D eigenvalue weighted by Crippen LogP contribution is 2.42. The number of anilines is 3. The molecule has 0 radical (unpaired) electrons. The van der Waals surface area contributed by atoms with E-state index >= 15 is 0 Å². The number of carbonyl (C=O) groups excluding carboxylic acids is 1. The Balaban J connectivity index is 1.89. The summed E-state index contributed by atoms with van der Waals surface area (Å²) in [6.07, 6.45) is 0.319. The average molecular weight is 574 g/mol. The number of hydrogen-bond acceptors (Lipinski definition) is 7. The number of nitro benzene ring substituents is 1. The zero-order valence-corrected chi connectivity index (χ0v) is 21.7. The Hall–Kier alpha value is -3.63. The van der Waals surface area contributed by atoms with Crippen LogP contribution in [0.25, 0.3) is 11.1 Å². The Morgan fingerprint density at radius 3 is 2.50 bits per heavy atom. The van der Waals surface area contributed by atoms with Crippen molar-refractivity contribution >= 4 is 62.5 Å². The van der Waals surface area contributed by atoms with E-state index in [1.807, 2.05) is 42.3 Å². The molecule has 11 heteroatoms. The molecule has 0 spiro atoms. The normalized spacial score (nSPS) is 14.6. The van der Waals surface area contributed by atoms with Gasteiger partial charge < -0.3 is 19.8 Å². The van der Waals surface area contributed by atoms with E-state index in [-0.39, 0.29) is 17.9 Å². The summed E-state index contributed by atoms with van der Waals surface area (Å²) in [6.45, 7) is 0.612. The molecule has 0 bridgehead atoms. The number of likely N-dealkylation sites (N-methyl/N-ethyl adjacent to an activating group) is 2. The number of fused-ring (bicyclic) bond motifs is 1. The van der Waals surface area contributed by atoms with Crippen LogP contribution in [0.1, 0.15) is 0 Å². The van der Waals surface area contributed by atoms with Crippen LogP contribution in [0.15, 0.2) is 65.1 Å². The largest absolute Gasteiger partial charge is 0.478 e. The fourth-order valence-corrected chi connectivity index (χ4v) is 5.03. The Morgan fingerprint density at radius 2 is 1.86 bits per heavy atom. The number of rotatable bonds is 7. The second-order valence-corrected chi connectivity index (χ2v) is 9.74. The molecule has 1 heterocycles. The molecule has 3 aromatic rings. The van der Waals surface area contributed by atoms with Crippen LogP contribution in [0.2, 0.25) is 5.02 Å². The summed E-state index contributed by atoms with van der Waals surface area (Å²) in [5.74, 6) is -1.45. The maximum atomic E-state index is 12.8. The Kier molecular flexibility index (Phi) is 6.92. The maximum absolute atomic E-state index is 12.8. The van der Waals surface area contributed by atoms with Gasteiger partial charge in [0.1, 0.15) is 5.69 Å². The Bertz CT molecular complexity index is 1370. The summed E-state index contributed by atoms with van der Waals surface area (Å²) in [5.41, 5.74) is 0.389. The highest BCUT2D eigenvalue weighted by atomic mass is 79.9. The van der Waals surface area contributed by atoms with Crippen molar-refractivity contribution in [2.45, 2.75) is 5.66 Å². The van der Waals surface area contributed by atoms with Crippen LogP contribution in [-0.4, -0.2) is 55.1 Å². The third-order valence-corrected chi connectivity index (χ3v) is 7.12. The number of aldehydes is 1. The standard InChI is InChI=1S/C25H22BrClN4O5/c1-28-10-11-30(20-8-6-17(13-22(20)28)16-4-3-5-19(27)12-16)25(15-32,24(33)34)29(2)23-14-18(26)7-9-21(23)31(35)36/h3-9,12-15H,10-11H2,1-2H3,(H,33,34). The van der Waals surface area contributed by atoms with Crippen molar-refractivity contribution in [3.63, 3.8) is 0 Å². The molecular weight excluding hydrogens is 552 g/mol. The van der Waals surface area contributed by atoms with Crippen molar-refractivity contribution in [1.82, 2.24) is 0 Å². The fourth-order valence-electron chi connectivity index (χ4n) is 4.49. The summed E-state index contributed by atoms with van der Waals surface area (Å²) in [4.78, 5) is 41.2. The fraction of sp³-hybridized carbons (Fsp3) is 0.200. The van der Waals surface area contributed by atoms with E-state index in [2.05, 4.69) is 15.9 Å². The molecule has 186 valence electrons. The van der Waals surface area contributed by atoms with Crippen molar-refractivity contribution in [2.75, 3.05) is 41.9 Å². The number of carboxylic acids is 1. The lowest BCUT2D eigenvalue weighted by molar-refractivity contribution is -0.384. The SMILES string of the molecule is CN1CCN(C(C=O)(C(=O)O)N(C)c2cc(Br)ccc2[N+](=O)[O-])c2ccc(-c3cccc(Cl)c3)cc21. The maximum Gasteiger partial charge on any atom is 0.358 e. The molecule has 1 aliphatic heterocycles. The lowest BCUT2D eigenvalue weighted by Crippen LogP contribution is -2.68. The first-order valence-corrected chi connectivity index (χ1v) is 12.0. The van der Waals surface area contributed by atoms with Crippen LogP contribution in [-0.2, 0) is 9.59 Å². The topological polar surface area (TPSA) is 107 Å². The molecular formula is C25H22BrClN4O5. The van der Waals surface area contributed by atoms with E-state index in [9.17, 15) is 24.8 Å². The van der Waals surface area contributed by atoms with Gasteiger partial charge in [0.2, 0.25) is 0 Å². The average Bonchev–Trinajstić information content (AvgIpc) is 2.85. The summed E-state index contributed by atoms with van der Waals surface area (Å²) in [5, 5.41) is 22.8. The van der Waals surface area contributed by atoms with Crippen LogP contribution < -0.4 is 14.7 Å². The van der Waals surface area contributed by atoms with Gasteiger partial charge >= 0.3 is 5.97 Å². The van der Waals surface area contributed by atoms with Gasteiger partial charge in [0.15, 0.2) is 6.29 Å². The monoisotopic (exact) mass is 572 g/mol. The van der Waals surface area contributed by atoms with Crippen LogP contribution in [0, 0.1) is 10.1 Å². The summed E-state index contributed by atoms with van der Waals surface area (Å²) in [7, 11) is 3.25. The van der Waals surface area contributed by atoms with Crippen LogP contribution >= 0.6 is 27.5 Å². The molecule has 1 N–H and O–H groups in total. The van der Waals surface area contributed by atoms with Crippen LogP contribution in [0.5, 0.6) is 0 Å². The lowest BCUT2D eigenvalue weighted by atomic mass is 9.99. The summed E-state index contributed by atoms with van der Waals surface area (Å²) < 4.78 is 0.505. The molecule has 0 saturated heterocycles. The number of aliphatic carboxylic acids is 1. The quantitative estimate of drug-likeness (QED) is 0.181. The number of hydrogen-bond donors (Lipinski definition) is 1. The van der Waals surface area contributed by atoms with E-state index in [0.717, 1.165) is 16.0 Å². The minimum atomic E-state index is -2.25. The zero-order valence-electron chi connectivity index (χ0n) is 19.4. The van der Waals surface area contributed by atoms with E-state index < -0.39 is 16.6 Å². The van der Waals surface area contributed by atoms with E-state index in [1.165, 1.54) is 30.1 Å². The molecule has 1 unspecified atom stereocenters. The molecule has 9 nitrogen and oxygen atoms in total. The second-order valence-electron chi connectivity index (χ2n) is 8.39. The third kappa shape index (κ3) is 4.27. The van der Waals surface area contributed by atoms with E-state index in [1.54, 1.807) is 12.1 Å². The van der Waals surface area contributed by atoms with Gasteiger partial charge in [0.05, 0.1) is 16.3 Å². The number of nitro groups is 1. The first-order valence-electron chi connectivity index (χ1n) is 10.9. The molecule has 0 fully saturated rings. The first-order chi connectivity index (χ1) is 17.1. The predicted molar refractivity (Wildman–Crippen MR) is 143 cm³/mol. The second kappa shape index (κ2) is 9.79. The molecule has 4 rings (SSSR count). The van der Waals surface area contributed by atoms with Crippen LogP contribution in [0.4, 0.5) is 22.7 Å². The third-order valence-electron chi connectivity index (χ3n) is 6.39. The van der Waals surface area contributed by atoms with Gasteiger partial charge in [-0.25, -0.2) is 4.79 Å². The molecule has 1 aliphatic rings. The van der Waals surface area contributed by atoms with Crippen LogP contribution in [0.3, 0.4) is 0 Å². The summed E-state index contributed by atoms with van der Waals surface area (Å²) in [6, 6.07) is 17.0. The highest BCUT2D eigenvalue weighted by molar-refractivity contribution is 9.10. The van der Waals surface area contributed by atoms with Gasteiger partial charge in [0, 0.05) is 42.7 Å². The molecule has 3 aromatic carbocycles. The number of halogens is 2. The van der Waals surface area contributed by atoms with E-state index in [0.29, 0.717) is 33.7 Å². The number of carbonyl (C=O) groups is 2. The molecule has 0 aliphatic carbocycles. The van der Waals surface area contributed by atoms with Gasteiger partial charge in [-0.15, -0.1) is 0 Å². The molecule has 0 aromatic heterocycles. The number of carboxylic acid groups (broad SMARTS) is 1. The Morgan fingerprint density at radius 1 is 1.14 bits per heavy atom. The minimum Gasteiger partial charge on any atom is -0.478 e. The van der Waals surface area contributed by atoms with Gasteiger partial charge in [-0.3, -0.25) is 14.9 Å². The summed E-state index contributed by atoms with van der Waals surface area (Å²) >= 11 is 9.45. The first kappa shape index (κ1) is 25.5. The van der Waals surface area contributed by atoms with Crippen molar-refractivity contribution in [3.05, 3.63) is 80.3 Å². The number of benzene rings is 3. The minimum absolute atomic E-state index is 0.0140. The zero-order chi connectivity index (χ0) is 26.2. The molecule has 36 heavy (non-hydrogen) atoms. The van der Waals surface area contributed by atoms with Gasteiger partial charge in [0.25, 0.3) is 11.4 Å². The molecule has 0 saturated carbocycles. The van der Waals surface area contributed by atoms with Crippen molar-refractivity contribution in [2.24, 2.45) is 0 Å². The van der Waals surface area contributed by atoms with Crippen molar-refractivity contribution < 1.29 is 19.6 Å². The van der Waals surface area contributed by atoms with Gasteiger partial charge in [-0.05, 0) is 47.5 Å². The van der Waals surface area contributed by atoms with Gasteiger partial charge in [-0.1, -0.05) is 45.7 Å². The number of nitrogens with zero attached hydrogens (tertiary/aromatic N) is 4. The smallest absolute Gasteiger partial charge is 0.358 e. The van der Waals surface area contributed by atoms with Gasteiger partial charge in [-0.2, -0.15) is 0 Å². The van der Waals surface area contributed by atoms with Crippen molar-refractivity contribution in [1.29, 1.82) is 0 Å². The van der Waals surface area contributed by atoms with E-state index in [4.69, 9.17) is 11.6 Å². The molecule has 0 amide bonds. The predicted octanol–water partition coefficient (Wildman–Crippen LogP) is 5.05. The van der Waals surface area contributed by atoms with Crippen molar-refractivity contribution in [3.8, 4) is 11.1 Å². The molecule has 1 atom stereocenters. The Labute approximate surface area is 220 Å².